The fraction of sp³-hybridized carbons (Fsp3) is 0.500. The lowest BCUT2D eigenvalue weighted by Crippen LogP contribution is -2.30. The highest BCUT2D eigenvalue weighted by atomic mass is 32.2. The van der Waals surface area contributed by atoms with Gasteiger partial charge in [0.2, 0.25) is 10.0 Å². The molecule has 4 nitrogen and oxygen atoms in total. The van der Waals surface area contributed by atoms with Gasteiger partial charge < -0.3 is 5.11 Å². The lowest BCUT2D eigenvalue weighted by molar-refractivity contribution is 0.350. The van der Waals surface area contributed by atoms with Crippen molar-refractivity contribution < 1.29 is 13.5 Å². The molecule has 1 aromatic rings. The maximum atomic E-state index is 12.5. The molecule has 0 atom stereocenters. The summed E-state index contributed by atoms with van der Waals surface area (Å²) >= 11 is 0. The Kier molecular flexibility index (Phi) is 5.04. The molecule has 1 saturated carbocycles. The van der Waals surface area contributed by atoms with Gasteiger partial charge in [0.05, 0.1) is 4.90 Å². The van der Waals surface area contributed by atoms with Gasteiger partial charge in [0.25, 0.3) is 0 Å². The summed E-state index contributed by atoms with van der Waals surface area (Å²) in [6.45, 7) is 2.32. The van der Waals surface area contributed by atoms with E-state index in [-0.39, 0.29) is 16.9 Å². The van der Waals surface area contributed by atoms with Gasteiger partial charge in [-0.1, -0.05) is 37.3 Å². The van der Waals surface area contributed by atoms with E-state index in [0.29, 0.717) is 12.1 Å². The number of benzene rings is 1. The van der Waals surface area contributed by atoms with Crippen LogP contribution >= 0.6 is 0 Å². The minimum Gasteiger partial charge on any atom is -0.384 e. The SMILES string of the molecule is CCCC1(CNS(=O)(=O)c2ccccc2C#CCO)CC1. The Bertz CT molecular complexity index is 652. The van der Waals surface area contributed by atoms with Crippen LogP contribution < -0.4 is 4.72 Å². The Morgan fingerprint density at radius 3 is 2.67 bits per heavy atom. The molecule has 0 saturated heterocycles. The molecular weight excluding hydrogens is 286 g/mol. The van der Waals surface area contributed by atoms with Gasteiger partial charge >= 0.3 is 0 Å². The zero-order valence-electron chi connectivity index (χ0n) is 12.2. The van der Waals surface area contributed by atoms with Crippen molar-refractivity contribution in [2.24, 2.45) is 5.41 Å². The molecule has 1 aromatic carbocycles. The van der Waals surface area contributed by atoms with E-state index in [9.17, 15) is 8.42 Å². The molecule has 0 amide bonds. The summed E-state index contributed by atoms with van der Waals surface area (Å²) in [7, 11) is -3.57. The molecule has 0 radical (unpaired) electrons. The van der Waals surface area contributed by atoms with Crippen molar-refractivity contribution in [2.45, 2.75) is 37.5 Å². The van der Waals surface area contributed by atoms with Crippen LogP contribution in [0.15, 0.2) is 29.2 Å². The molecule has 0 bridgehead atoms. The maximum absolute atomic E-state index is 12.5. The quantitative estimate of drug-likeness (QED) is 0.789. The number of rotatable bonds is 6. The van der Waals surface area contributed by atoms with Gasteiger partial charge in [0, 0.05) is 12.1 Å². The second-order valence-corrected chi connectivity index (χ2v) is 7.27. The molecule has 0 spiro atoms. The fourth-order valence-corrected chi connectivity index (χ4v) is 3.81. The normalized spacial score (nSPS) is 16.1. The summed E-state index contributed by atoms with van der Waals surface area (Å²) in [5, 5.41) is 8.76. The van der Waals surface area contributed by atoms with E-state index in [1.165, 1.54) is 0 Å². The molecule has 0 aromatic heterocycles. The Morgan fingerprint density at radius 2 is 2.05 bits per heavy atom. The Balaban J connectivity index is 2.16. The minimum atomic E-state index is -3.57. The van der Waals surface area contributed by atoms with E-state index in [4.69, 9.17) is 5.11 Å². The lowest BCUT2D eigenvalue weighted by atomic mass is 10.0. The first-order chi connectivity index (χ1) is 10.0. The fourth-order valence-electron chi connectivity index (χ4n) is 2.49. The number of hydrogen-bond donors (Lipinski definition) is 2. The Labute approximate surface area is 126 Å². The minimum absolute atomic E-state index is 0.160. The summed E-state index contributed by atoms with van der Waals surface area (Å²) in [5.41, 5.74) is 0.576. The van der Waals surface area contributed by atoms with Crippen LogP contribution in [0.5, 0.6) is 0 Å². The van der Waals surface area contributed by atoms with Gasteiger partial charge in [0.15, 0.2) is 0 Å². The summed E-state index contributed by atoms with van der Waals surface area (Å²) in [4.78, 5) is 0.179. The third-order valence-corrected chi connectivity index (χ3v) is 5.31. The van der Waals surface area contributed by atoms with E-state index in [0.717, 1.165) is 25.7 Å². The first kappa shape index (κ1) is 16.0. The second-order valence-electron chi connectivity index (χ2n) is 5.53. The monoisotopic (exact) mass is 307 g/mol. The summed E-state index contributed by atoms with van der Waals surface area (Å²) in [6, 6.07) is 6.61. The standard InChI is InChI=1S/C16H21NO3S/c1-2-9-16(10-11-16)13-17-21(19,20)15-8-4-3-6-14(15)7-5-12-18/h3-4,6,8,17-18H,2,9-13H2,1H3. The first-order valence-corrected chi connectivity index (χ1v) is 8.70. The Morgan fingerprint density at radius 1 is 1.33 bits per heavy atom. The number of nitrogens with one attached hydrogen (secondary N) is 1. The molecule has 2 N–H and O–H groups in total. The van der Waals surface area contributed by atoms with Crippen molar-refractivity contribution in [3.05, 3.63) is 29.8 Å². The topological polar surface area (TPSA) is 66.4 Å². The van der Waals surface area contributed by atoms with Crippen molar-refractivity contribution in [3.8, 4) is 11.8 Å². The van der Waals surface area contributed by atoms with Crippen molar-refractivity contribution in [1.82, 2.24) is 4.72 Å². The van der Waals surface area contributed by atoms with Gasteiger partial charge in [-0.3, -0.25) is 0 Å². The number of aliphatic hydroxyl groups is 1. The van der Waals surface area contributed by atoms with Crippen molar-refractivity contribution >= 4 is 10.0 Å². The molecule has 0 aliphatic heterocycles. The summed E-state index contributed by atoms with van der Waals surface area (Å²) in [5.74, 6) is 5.18. The zero-order valence-corrected chi connectivity index (χ0v) is 13.0. The van der Waals surface area contributed by atoms with E-state index in [2.05, 4.69) is 23.5 Å². The van der Waals surface area contributed by atoms with Crippen LogP contribution in [0, 0.1) is 17.3 Å². The maximum Gasteiger partial charge on any atom is 0.241 e. The zero-order chi connectivity index (χ0) is 15.3. The van der Waals surface area contributed by atoms with Crippen LogP contribution in [0.2, 0.25) is 0 Å². The van der Waals surface area contributed by atoms with E-state index in [1.807, 2.05) is 0 Å². The molecule has 2 rings (SSSR count). The van der Waals surface area contributed by atoms with E-state index in [1.54, 1.807) is 24.3 Å². The first-order valence-electron chi connectivity index (χ1n) is 7.21. The average Bonchev–Trinajstić information content (AvgIpc) is 3.24. The molecule has 21 heavy (non-hydrogen) atoms. The third kappa shape index (κ3) is 4.07. The van der Waals surface area contributed by atoms with Crippen LogP contribution in [-0.4, -0.2) is 26.7 Å². The number of aliphatic hydroxyl groups excluding tert-OH is 1. The highest BCUT2D eigenvalue weighted by Crippen LogP contribution is 2.49. The molecule has 0 unspecified atom stereocenters. The molecule has 0 heterocycles. The predicted molar refractivity (Wildman–Crippen MR) is 82.2 cm³/mol. The molecule has 114 valence electrons. The second kappa shape index (κ2) is 6.61. The van der Waals surface area contributed by atoms with Gasteiger partial charge in [0.1, 0.15) is 6.61 Å². The molecule has 1 fully saturated rings. The molecule has 1 aliphatic rings. The largest absolute Gasteiger partial charge is 0.384 e. The van der Waals surface area contributed by atoms with Crippen LogP contribution in [0.1, 0.15) is 38.2 Å². The summed E-state index contributed by atoms with van der Waals surface area (Å²) in [6.07, 6.45) is 4.31. The lowest BCUT2D eigenvalue weighted by Gasteiger charge is -2.15. The number of sulfonamides is 1. The third-order valence-electron chi connectivity index (χ3n) is 3.85. The molecular formula is C16H21NO3S. The van der Waals surface area contributed by atoms with Crippen LogP contribution in [0.25, 0.3) is 0 Å². The smallest absolute Gasteiger partial charge is 0.241 e. The van der Waals surface area contributed by atoms with Crippen molar-refractivity contribution in [2.75, 3.05) is 13.2 Å². The van der Waals surface area contributed by atoms with Gasteiger partial charge in [-0.15, -0.1) is 0 Å². The Hall–Kier alpha value is -1.35. The van der Waals surface area contributed by atoms with Gasteiger partial charge in [-0.05, 0) is 36.8 Å². The van der Waals surface area contributed by atoms with Crippen LogP contribution in [0.4, 0.5) is 0 Å². The van der Waals surface area contributed by atoms with Gasteiger partial charge in [-0.2, -0.15) is 0 Å². The predicted octanol–water partition coefficient (Wildman–Crippen LogP) is 1.89. The van der Waals surface area contributed by atoms with E-state index >= 15 is 0 Å². The van der Waals surface area contributed by atoms with Gasteiger partial charge in [-0.25, -0.2) is 13.1 Å². The van der Waals surface area contributed by atoms with Crippen LogP contribution in [-0.2, 0) is 10.0 Å². The highest BCUT2D eigenvalue weighted by molar-refractivity contribution is 7.89. The van der Waals surface area contributed by atoms with Crippen molar-refractivity contribution in [1.29, 1.82) is 0 Å². The summed E-state index contributed by atoms with van der Waals surface area (Å²) < 4.78 is 27.6. The average molecular weight is 307 g/mol. The number of hydrogen-bond acceptors (Lipinski definition) is 3. The van der Waals surface area contributed by atoms with Crippen LogP contribution in [0.3, 0.4) is 0 Å². The highest BCUT2D eigenvalue weighted by Gasteiger charge is 2.42. The molecule has 1 aliphatic carbocycles. The molecule has 5 heteroatoms. The van der Waals surface area contributed by atoms with E-state index < -0.39 is 10.0 Å². The van der Waals surface area contributed by atoms with Crippen molar-refractivity contribution in [3.63, 3.8) is 0 Å².